The molecule has 7 aromatic carbocycles. The number of hydrogen-bond donors (Lipinski definition) is 0. The third-order valence-corrected chi connectivity index (χ3v) is 11.9. The van der Waals surface area contributed by atoms with E-state index in [0.29, 0.717) is 17.5 Å². The number of para-hydroxylation sites is 2. The first kappa shape index (κ1) is 31.8. The second kappa shape index (κ2) is 12.7. The molecule has 2 aliphatic carbocycles. The molecular weight excluding hydrogens is 671 g/mol. The van der Waals surface area contributed by atoms with E-state index in [1.54, 1.807) is 0 Å². The minimum atomic E-state index is 0.129. The van der Waals surface area contributed by atoms with E-state index >= 15 is 0 Å². The van der Waals surface area contributed by atoms with Gasteiger partial charge in [0.15, 0.2) is 17.5 Å². The van der Waals surface area contributed by atoms with Crippen molar-refractivity contribution in [1.29, 1.82) is 0 Å². The van der Waals surface area contributed by atoms with Gasteiger partial charge in [-0.3, -0.25) is 0 Å². The molecule has 1 saturated carbocycles. The summed E-state index contributed by atoms with van der Waals surface area (Å²) in [5.41, 5.74) is 15.1. The summed E-state index contributed by atoms with van der Waals surface area (Å²) in [7, 11) is 0. The van der Waals surface area contributed by atoms with Gasteiger partial charge < -0.3 is 4.42 Å². The Kier molecular flexibility index (Phi) is 7.38. The van der Waals surface area contributed by atoms with E-state index in [1.807, 2.05) is 54.6 Å². The smallest absolute Gasteiger partial charge is 0.167 e. The number of hydrogen-bond acceptors (Lipinski definition) is 4. The molecule has 0 N–H and O–H groups in total. The predicted molar refractivity (Wildman–Crippen MR) is 224 cm³/mol. The summed E-state index contributed by atoms with van der Waals surface area (Å²) in [4.78, 5) is 15.3. The van der Waals surface area contributed by atoms with Gasteiger partial charge >= 0.3 is 0 Å². The molecule has 262 valence electrons. The minimum absolute atomic E-state index is 0.129. The lowest BCUT2D eigenvalue weighted by atomic mass is 9.68. The van der Waals surface area contributed by atoms with Crippen LogP contribution in [0.15, 0.2) is 168 Å². The Hall–Kier alpha value is -6.65. The predicted octanol–water partition coefficient (Wildman–Crippen LogP) is 13.3. The Morgan fingerprint density at radius 1 is 0.400 bits per heavy atom. The molecule has 0 unspecified atom stereocenters. The summed E-state index contributed by atoms with van der Waals surface area (Å²) in [5.74, 6) is 1.81. The van der Waals surface area contributed by atoms with Crippen molar-refractivity contribution in [2.75, 3.05) is 0 Å². The first-order chi connectivity index (χ1) is 27.2. The standard InChI is InChI=1S/C51H37N3O/c1-3-15-33(16-4-1)48-52-49(54-50(53-48)42-25-13-24-40-39-21-6-8-28-45(39)55-47(40)42)37-20-12-18-35(32-37)34-17-11-19-36(31-34)38-23-14-27-44-46(38)41-22-5-7-26-43(41)51(44)29-9-2-10-30-51/h1,3-8,11-28,31-32H,2,9-10,29-30H2. The molecule has 0 atom stereocenters. The fraction of sp³-hybridized carbons (Fsp3) is 0.118. The van der Waals surface area contributed by atoms with Gasteiger partial charge in [0.25, 0.3) is 0 Å². The van der Waals surface area contributed by atoms with Crippen LogP contribution >= 0.6 is 0 Å². The Morgan fingerprint density at radius 2 is 0.964 bits per heavy atom. The molecule has 4 heteroatoms. The molecular formula is C51H37N3O. The number of rotatable bonds is 5. The summed E-state index contributed by atoms with van der Waals surface area (Å²) >= 11 is 0. The van der Waals surface area contributed by atoms with E-state index in [1.165, 1.54) is 65.5 Å². The van der Waals surface area contributed by atoms with Crippen molar-refractivity contribution in [3.05, 3.63) is 175 Å². The highest BCUT2D eigenvalue weighted by atomic mass is 16.3. The number of nitrogens with zero attached hydrogens (tertiary/aromatic N) is 3. The van der Waals surface area contributed by atoms with Crippen molar-refractivity contribution < 1.29 is 4.42 Å². The maximum absolute atomic E-state index is 6.43. The number of aromatic nitrogens is 3. The van der Waals surface area contributed by atoms with Crippen LogP contribution in [-0.4, -0.2) is 15.0 Å². The van der Waals surface area contributed by atoms with Crippen LogP contribution in [-0.2, 0) is 5.41 Å². The molecule has 1 spiro atoms. The lowest BCUT2D eigenvalue weighted by molar-refractivity contribution is 0.353. The Morgan fingerprint density at radius 3 is 1.82 bits per heavy atom. The highest BCUT2D eigenvalue weighted by molar-refractivity contribution is 6.09. The Bertz CT molecular complexity index is 2920. The average molecular weight is 708 g/mol. The van der Waals surface area contributed by atoms with E-state index in [9.17, 15) is 0 Å². The molecule has 0 saturated heterocycles. The van der Waals surface area contributed by atoms with E-state index < -0.39 is 0 Å². The first-order valence-corrected chi connectivity index (χ1v) is 19.4. The summed E-state index contributed by atoms with van der Waals surface area (Å²) in [6.45, 7) is 0. The molecule has 2 aliphatic rings. The van der Waals surface area contributed by atoms with Crippen LogP contribution in [0.25, 0.3) is 89.5 Å². The van der Waals surface area contributed by atoms with Crippen LogP contribution in [0.1, 0.15) is 43.2 Å². The number of fused-ring (bicyclic) bond motifs is 8. The van der Waals surface area contributed by atoms with Crippen molar-refractivity contribution in [3.8, 4) is 67.5 Å². The molecule has 0 bridgehead atoms. The summed E-state index contributed by atoms with van der Waals surface area (Å²) in [6, 6.07) is 58.2. The quantitative estimate of drug-likeness (QED) is 0.179. The zero-order valence-corrected chi connectivity index (χ0v) is 30.4. The van der Waals surface area contributed by atoms with Crippen LogP contribution in [0.5, 0.6) is 0 Å². The van der Waals surface area contributed by atoms with Gasteiger partial charge in [-0.1, -0.05) is 159 Å². The molecule has 4 nitrogen and oxygen atoms in total. The monoisotopic (exact) mass is 707 g/mol. The van der Waals surface area contributed by atoms with Crippen molar-refractivity contribution in [2.24, 2.45) is 0 Å². The van der Waals surface area contributed by atoms with Crippen molar-refractivity contribution >= 4 is 21.9 Å². The van der Waals surface area contributed by atoms with Crippen molar-refractivity contribution in [2.45, 2.75) is 37.5 Å². The van der Waals surface area contributed by atoms with Gasteiger partial charge in [0, 0.05) is 27.3 Å². The van der Waals surface area contributed by atoms with Gasteiger partial charge in [-0.15, -0.1) is 0 Å². The summed E-state index contributed by atoms with van der Waals surface area (Å²) < 4.78 is 6.43. The normalized spacial score (nSPS) is 14.3. The molecule has 55 heavy (non-hydrogen) atoms. The molecule has 0 amide bonds. The van der Waals surface area contributed by atoms with E-state index in [0.717, 1.165) is 49.8 Å². The van der Waals surface area contributed by atoms with Gasteiger partial charge in [0.1, 0.15) is 11.2 Å². The molecule has 0 radical (unpaired) electrons. The van der Waals surface area contributed by atoms with Crippen LogP contribution < -0.4 is 0 Å². The molecule has 2 heterocycles. The maximum Gasteiger partial charge on any atom is 0.167 e. The fourth-order valence-electron chi connectivity index (χ4n) is 9.41. The third-order valence-electron chi connectivity index (χ3n) is 11.9. The third kappa shape index (κ3) is 5.16. The van der Waals surface area contributed by atoms with Gasteiger partial charge in [0.2, 0.25) is 0 Å². The van der Waals surface area contributed by atoms with Crippen LogP contribution in [0.3, 0.4) is 0 Å². The van der Waals surface area contributed by atoms with Gasteiger partial charge in [-0.25, -0.2) is 15.0 Å². The highest BCUT2D eigenvalue weighted by Crippen LogP contribution is 2.57. The number of benzene rings is 7. The van der Waals surface area contributed by atoms with Gasteiger partial charge in [-0.2, -0.15) is 0 Å². The Labute approximate surface area is 320 Å². The fourth-order valence-corrected chi connectivity index (χ4v) is 9.41. The van der Waals surface area contributed by atoms with Crippen LogP contribution in [0.4, 0.5) is 0 Å². The van der Waals surface area contributed by atoms with Crippen LogP contribution in [0, 0.1) is 0 Å². The topological polar surface area (TPSA) is 51.8 Å². The zero-order valence-electron chi connectivity index (χ0n) is 30.4. The molecule has 0 aliphatic heterocycles. The number of furan rings is 1. The first-order valence-electron chi connectivity index (χ1n) is 19.4. The lowest BCUT2D eigenvalue weighted by Crippen LogP contribution is -2.27. The molecule has 2 aromatic heterocycles. The molecule has 11 rings (SSSR count). The van der Waals surface area contributed by atoms with Gasteiger partial charge in [0.05, 0.1) is 5.56 Å². The van der Waals surface area contributed by atoms with E-state index in [-0.39, 0.29) is 5.41 Å². The highest BCUT2D eigenvalue weighted by Gasteiger charge is 2.44. The Balaban J connectivity index is 1.03. The van der Waals surface area contributed by atoms with E-state index in [2.05, 4.69) is 109 Å². The average Bonchev–Trinajstić information content (AvgIpc) is 3.78. The van der Waals surface area contributed by atoms with Gasteiger partial charge in [-0.05, 0) is 81.6 Å². The largest absolute Gasteiger partial charge is 0.455 e. The minimum Gasteiger partial charge on any atom is -0.455 e. The second-order valence-electron chi connectivity index (χ2n) is 15.0. The van der Waals surface area contributed by atoms with Crippen LogP contribution in [0.2, 0.25) is 0 Å². The zero-order chi connectivity index (χ0) is 36.3. The van der Waals surface area contributed by atoms with E-state index in [4.69, 9.17) is 19.4 Å². The maximum atomic E-state index is 6.43. The SMILES string of the molecule is c1ccc(-c2nc(-c3cccc(-c4cccc(-c5cccc6c5-c5ccccc5C65CCCCC5)c4)c3)nc(-c3cccc4c3oc3ccccc34)n2)cc1. The summed E-state index contributed by atoms with van der Waals surface area (Å²) in [5, 5.41) is 2.12. The lowest BCUT2D eigenvalue weighted by Gasteiger charge is -2.36. The molecule has 9 aromatic rings. The summed E-state index contributed by atoms with van der Waals surface area (Å²) in [6.07, 6.45) is 6.36. The van der Waals surface area contributed by atoms with Crippen molar-refractivity contribution in [3.63, 3.8) is 0 Å². The van der Waals surface area contributed by atoms with Crippen molar-refractivity contribution in [1.82, 2.24) is 15.0 Å². The molecule has 1 fully saturated rings. The second-order valence-corrected chi connectivity index (χ2v) is 15.0.